The van der Waals surface area contributed by atoms with Crippen molar-refractivity contribution in [2.75, 3.05) is 6.54 Å². The van der Waals surface area contributed by atoms with E-state index >= 15 is 0 Å². The second-order valence-electron chi connectivity index (χ2n) is 8.64. The molecule has 0 unspecified atom stereocenters. The first-order valence-electron chi connectivity index (χ1n) is 9.47. The first kappa shape index (κ1) is 19.5. The van der Waals surface area contributed by atoms with Gasteiger partial charge in [-0.2, -0.15) is 0 Å². The number of pyridine rings is 1. The van der Waals surface area contributed by atoms with E-state index in [4.69, 9.17) is 4.99 Å². The molecule has 1 aliphatic heterocycles. The van der Waals surface area contributed by atoms with Gasteiger partial charge in [-0.15, -0.1) is 0 Å². The molecule has 24 heavy (non-hydrogen) atoms. The van der Waals surface area contributed by atoms with E-state index in [1.54, 1.807) is 0 Å². The third kappa shape index (κ3) is 5.10. The van der Waals surface area contributed by atoms with Crippen LogP contribution in [0, 0.1) is 0 Å². The van der Waals surface area contributed by atoms with Crippen LogP contribution in [0.25, 0.3) is 0 Å². The van der Waals surface area contributed by atoms with Gasteiger partial charge in [0, 0.05) is 29.7 Å². The maximum Gasteiger partial charge on any atom is 0.115 e. The summed E-state index contributed by atoms with van der Waals surface area (Å²) in [6.07, 6.45) is 7.38. The molecule has 5 heteroatoms. The lowest BCUT2D eigenvalue weighted by Gasteiger charge is -2.39. The highest BCUT2D eigenvalue weighted by Gasteiger charge is 2.46. The van der Waals surface area contributed by atoms with Crippen molar-refractivity contribution < 1.29 is 0 Å². The van der Waals surface area contributed by atoms with Crippen LogP contribution < -0.4 is 0 Å². The first-order chi connectivity index (χ1) is 11.2. The van der Waals surface area contributed by atoms with Gasteiger partial charge in [-0.05, 0) is 57.8 Å². The fraction of sp³-hybridized carbons (Fsp3) is 0.684. The van der Waals surface area contributed by atoms with Crippen molar-refractivity contribution in [3.63, 3.8) is 0 Å². The van der Waals surface area contributed by atoms with Gasteiger partial charge in [-0.25, -0.2) is 0 Å². The molecule has 0 amide bonds. The van der Waals surface area contributed by atoms with Crippen LogP contribution in [-0.4, -0.2) is 44.0 Å². The molecule has 2 rings (SSSR count). The van der Waals surface area contributed by atoms with Crippen molar-refractivity contribution in [2.24, 2.45) is 4.99 Å². The lowest BCUT2D eigenvalue weighted by atomic mass is 10.1. The normalized spacial score (nSPS) is 20.7. The van der Waals surface area contributed by atoms with Crippen LogP contribution in [0.3, 0.4) is 0 Å². The van der Waals surface area contributed by atoms with Crippen molar-refractivity contribution >= 4 is 22.2 Å². The van der Waals surface area contributed by atoms with Crippen LogP contribution >= 0.6 is 0 Å². The number of aromatic nitrogens is 1. The van der Waals surface area contributed by atoms with Crippen LogP contribution in [-0.2, 0) is 0 Å². The zero-order valence-corrected chi connectivity index (χ0v) is 18.5. The van der Waals surface area contributed by atoms with E-state index in [2.05, 4.69) is 55.3 Å². The van der Waals surface area contributed by atoms with Crippen molar-refractivity contribution in [3.8, 4) is 0 Å². The highest BCUT2D eigenvalue weighted by molar-refractivity contribution is 6.95. The highest BCUT2D eigenvalue weighted by atomic mass is 28.4. The summed E-state index contributed by atoms with van der Waals surface area (Å²) in [7, 11) is -2.23. The topological polar surface area (TPSA) is 28.5 Å². The summed E-state index contributed by atoms with van der Waals surface area (Å²) >= 11 is 0. The minimum Gasteiger partial charge on any atom is -0.345 e. The average molecular weight is 362 g/mol. The molecule has 0 radical (unpaired) electrons. The zero-order valence-electron chi connectivity index (χ0n) is 16.5. The Morgan fingerprint density at radius 3 is 2.38 bits per heavy atom. The van der Waals surface area contributed by atoms with Crippen LogP contribution in [0.2, 0.25) is 38.3 Å². The van der Waals surface area contributed by atoms with E-state index in [-0.39, 0.29) is 0 Å². The summed E-state index contributed by atoms with van der Waals surface area (Å²) in [6.45, 7) is 15.9. The third-order valence-corrected chi connectivity index (χ3v) is 15.7. The monoisotopic (exact) mass is 361 g/mol. The zero-order chi connectivity index (χ0) is 17.8. The number of unbranched alkanes of at least 4 members (excludes halogenated alkanes) is 1. The van der Waals surface area contributed by atoms with Crippen LogP contribution in [0.15, 0.2) is 29.5 Å². The van der Waals surface area contributed by atoms with Gasteiger partial charge in [0.05, 0.1) is 0 Å². The second-order valence-corrected chi connectivity index (χ2v) is 18.4. The van der Waals surface area contributed by atoms with E-state index < -0.39 is 16.5 Å². The van der Waals surface area contributed by atoms with Crippen molar-refractivity contribution in [1.29, 1.82) is 0 Å². The SMILES string of the molecule is CC(C)N=C(CCCCN1[Si](C)(C)CC[Si]1(C)C)c1cccnc1. The third-order valence-electron chi connectivity index (χ3n) is 5.26. The molecular formula is C19H35N3Si2. The molecule has 1 fully saturated rings. The molecule has 0 atom stereocenters. The Labute approximate surface area is 150 Å². The number of nitrogens with zero attached hydrogens (tertiary/aromatic N) is 3. The summed E-state index contributed by atoms with van der Waals surface area (Å²) in [5, 5.41) is 0. The van der Waals surface area contributed by atoms with Gasteiger partial charge in [0.15, 0.2) is 0 Å². The quantitative estimate of drug-likeness (QED) is 0.380. The molecule has 0 aromatic carbocycles. The molecule has 2 heterocycles. The van der Waals surface area contributed by atoms with Crippen LogP contribution in [0.4, 0.5) is 0 Å². The molecule has 1 saturated heterocycles. The largest absolute Gasteiger partial charge is 0.345 e. The number of rotatable bonds is 7. The van der Waals surface area contributed by atoms with Gasteiger partial charge in [0.1, 0.15) is 16.5 Å². The standard InChI is InChI=1S/C19H35N3Si2/c1-17(2)21-19(18-10-9-12-20-16-18)11-7-8-13-22-23(3,4)14-15-24(22,5)6/h9-10,12,16-17H,7-8,11,13-15H2,1-6H3. The first-order valence-corrected chi connectivity index (χ1v) is 15.8. The molecule has 0 saturated carbocycles. The Morgan fingerprint density at radius 2 is 1.83 bits per heavy atom. The van der Waals surface area contributed by atoms with Gasteiger partial charge < -0.3 is 4.23 Å². The summed E-state index contributed by atoms with van der Waals surface area (Å²) in [5.74, 6) is 0. The molecule has 0 spiro atoms. The van der Waals surface area contributed by atoms with E-state index in [9.17, 15) is 0 Å². The van der Waals surface area contributed by atoms with Gasteiger partial charge in [0.2, 0.25) is 0 Å². The second kappa shape index (κ2) is 8.06. The summed E-state index contributed by atoms with van der Waals surface area (Å²) in [4.78, 5) is 9.12. The highest BCUT2D eigenvalue weighted by Crippen LogP contribution is 2.36. The minimum absolute atomic E-state index is 0.344. The summed E-state index contributed by atoms with van der Waals surface area (Å²) < 4.78 is 2.99. The summed E-state index contributed by atoms with van der Waals surface area (Å²) in [6, 6.07) is 7.50. The molecule has 0 bridgehead atoms. The molecule has 1 aromatic heterocycles. The Balaban J connectivity index is 1.92. The van der Waals surface area contributed by atoms with E-state index in [1.807, 2.05) is 18.5 Å². The molecule has 1 aromatic rings. The minimum atomic E-state index is -1.12. The number of hydrogen-bond acceptors (Lipinski definition) is 3. The van der Waals surface area contributed by atoms with Gasteiger partial charge in [-0.1, -0.05) is 32.3 Å². The molecule has 134 valence electrons. The van der Waals surface area contributed by atoms with Crippen molar-refractivity contribution in [3.05, 3.63) is 30.1 Å². The van der Waals surface area contributed by atoms with Gasteiger partial charge in [-0.3, -0.25) is 9.98 Å². The van der Waals surface area contributed by atoms with Gasteiger partial charge in [0.25, 0.3) is 0 Å². The molecule has 0 aliphatic carbocycles. The lowest BCUT2D eigenvalue weighted by Crippen LogP contribution is -2.55. The predicted molar refractivity (Wildman–Crippen MR) is 111 cm³/mol. The van der Waals surface area contributed by atoms with E-state index in [1.165, 1.54) is 42.7 Å². The van der Waals surface area contributed by atoms with E-state index in [0.717, 1.165) is 6.42 Å². The average Bonchev–Trinajstić information content (AvgIpc) is 2.72. The summed E-state index contributed by atoms with van der Waals surface area (Å²) in [5.41, 5.74) is 2.42. The van der Waals surface area contributed by atoms with Crippen LogP contribution in [0.5, 0.6) is 0 Å². The lowest BCUT2D eigenvalue weighted by molar-refractivity contribution is 0.575. The molecule has 0 N–H and O–H groups in total. The number of aliphatic imine (C=N–C) groups is 1. The maximum absolute atomic E-state index is 4.85. The fourth-order valence-electron chi connectivity index (χ4n) is 4.00. The number of hydrogen-bond donors (Lipinski definition) is 0. The Bertz CT molecular complexity index is 537. The van der Waals surface area contributed by atoms with Crippen LogP contribution in [0.1, 0.15) is 38.7 Å². The fourth-order valence-corrected chi connectivity index (χ4v) is 18.2. The smallest absolute Gasteiger partial charge is 0.115 e. The molecular weight excluding hydrogens is 326 g/mol. The van der Waals surface area contributed by atoms with Crippen molar-refractivity contribution in [2.45, 2.75) is 77.4 Å². The molecule has 3 nitrogen and oxygen atoms in total. The predicted octanol–water partition coefficient (Wildman–Crippen LogP) is 5.18. The molecule has 1 aliphatic rings. The maximum atomic E-state index is 4.85. The van der Waals surface area contributed by atoms with E-state index in [0.29, 0.717) is 6.04 Å². The Morgan fingerprint density at radius 1 is 1.17 bits per heavy atom. The Hall–Kier alpha value is -0.786. The van der Waals surface area contributed by atoms with Crippen molar-refractivity contribution in [1.82, 2.24) is 9.22 Å². The van der Waals surface area contributed by atoms with Gasteiger partial charge >= 0.3 is 0 Å². The Kier molecular flexibility index (Phi) is 6.56.